The van der Waals surface area contributed by atoms with Gasteiger partial charge in [0.25, 0.3) is 11.8 Å². The number of unbranched alkanes of at least 4 members (excludes halogenated alkanes) is 4. The second-order valence-corrected chi connectivity index (χ2v) is 3.58. The molecule has 0 fully saturated rings. The highest BCUT2D eigenvalue weighted by molar-refractivity contribution is 6.12. The summed E-state index contributed by atoms with van der Waals surface area (Å²) in [5, 5.41) is 0. The summed E-state index contributed by atoms with van der Waals surface area (Å²) in [7, 11) is 0. The molecule has 0 aromatic heterocycles. The van der Waals surface area contributed by atoms with E-state index in [0.29, 0.717) is 6.54 Å². The molecule has 0 saturated heterocycles. The summed E-state index contributed by atoms with van der Waals surface area (Å²) >= 11 is 0. The Morgan fingerprint density at radius 2 is 1.28 bits per heavy atom. The SMILES string of the molecule is CC.CC.CCCCCCCN1C(=O)C=CC1=O. The van der Waals surface area contributed by atoms with E-state index in [1.165, 1.54) is 36.3 Å². The molecule has 0 aliphatic carbocycles. The molecule has 1 heterocycles. The van der Waals surface area contributed by atoms with Crippen LogP contribution in [0.3, 0.4) is 0 Å². The van der Waals surface area contributed by atoms with Crippen LogP contribution in [0.15, 0.2) is 12.2 Å². The van der Waals surface area contributed by atoms with Crippen LogP contribution in [-0.2, 0) is 9.59 Å². The van der Waals surface area contributed by atoms with Gasteiger partial charge < -0.3 is 0 Å². The van der Waals surface area contributed by atoms with Crippen LogP contribution >= 0.6 is 0 Å². The van der Waals surface area contributed by atoms with Gasteiger partial charge in [-0.2, -0.15) is 0 Å². The number of imide groups is 1. The van der Waals surface area contributed by atoms with Gasteiger partial charge in [0.2, 0.25) is 0 Å². The van der Waals surface area contributed by atoms with Gasteiger partial charge in [0, 0.05) is 18.7 Å². The second-order valence-electron chi connectivity index (χ2n) is 3.58. The largest absolute Gasteiger partial charge is 0.275 e. The minimum atomic E-state index is -0.162. The number of hydrogen-bond acceptors (Lipinski definition) is 2. The van der Waals surface area contributed by atoms with E-state index < -0.39 is 0 Å². The summed E-state index contributed by atoms with van der Waals surface area (Å²) in [5.74, 6) is -0.323. The third kappa shape index (κ3) is 8.04. The molecule has 1 aliphatic heterocycles. The molecule has 3 heteroatoms. The van der Waals surface area contributed by atoms with E-state index in [-0.39, 0.29) is 11.8 Å². The molecule has 1 rings (SSSR count). The van der Waals surface area contributed by atoms with Crippen LogP contribution in [0, 0.1) is 0 Å². The molecule has 3 nitrogen and oxygen atoms in total. The van der Waals surface area contributed by atoms with Crippen LogP contribution in [-0.4, -0.2) is 23.3 Å². The molecule has 0 aromatic carbocycles. The van der Waals surface area contributed by atoms with E-state index in [9.17, 15) is 9.59 Å². The molecule has 0 spiro atoms. The number of rotatable bonds is 6. The fourth-order valence-electron chi connectivity index (χ4n) is 1.52. The van der Waals surface area contributed by atoms with Crippen molar-refractivity contribution in [3.05, 3.63) is 12.2 Å². The minimum Gasteiger partial charge on any atom is -0.275 e. The maximum Gasteiger partial charge on any atom is 0.253 e. The van der Waals surface area contributed by atoms with Crippen molar-refractivity contribution in [2.45, 2.75) is 66.7 Å². The first-order valence-electron chi connectivity index (χ1n) is 7.29. The van der Waals surface area contributed by atoms with Gasteiger partial charge >= 0.3 is 0 Å². The average molecular weight is 255 g/mol. The van der Waals surface area contributed by atoms with Crippen molar-refractivity contribution in [3.63, 3.8) is 0 Å². The Morgan fingerprint density at radius 1 is 0.833 bits per heavy atom. The van der Waals surface area contributed by atoms with Crippen LogP contribution in [0.5, 0.6) is 0 Å². The smallest absolute Gasteiger partial charge is 0.253 e. The summed E-state index contributed by atoms with van der Waals surface area (Å²) < 4.78 is 0. The van der Waals surface area contributed by atoms with Crippen molar-refractivity contribution in [1.82, 2.24) is 4.90 Å². The number of nitrogens with zero attached hydrogens (tertiary/aromatic N) is 1. The third-order valence-corrected chi connectivity index (χ3v) is 2.39. The van der Waals surface area contributed by atoms with Gasteiger partial charge in [0.15, 0.2) is 0 Å². The summed E-state index contributed by atoms with van der Waals surface area (Å²) in [6.07, 6.45) is 8.36. The summed E-state index contributed by atoms with van der Waals surface area (Å²) in [6, 6.07) is 0. The second kappa shape index (κ2) is 13.9. The average Bonchev–Trinajstić information content (AvgIpc) is 2.74. The Labute approximate surface area is 112 Å². The maximum atomic E-state index is 11.1. The van der Waals surface area contributed by atoms with Crippen LogP contribution in [0.1, 0.15) is 66.7 Å². The highest BCUT2D eigenvalue weighted by Gasteiger charge is 2.21. The summed E-state index contributed by atoms with van der Waals surface area (Å²) in [5.41, 5.74) is 0. The zero-order valence-corrected chi connectivity index (χ0v) is 12.7. The molecule has 0 bridgehead atoms. The van der Waals surface area contributed by atoms with Crippen LogP contribution in [0.25, 0.3) is 0 Å². The Bertz CT molecular complexity index is 229. The lowest BCUT2D eigenvalue weighted by molar-refractivity contribution is -0.136. The molecule has 0 saturated carbocycles. The summed E-state index contributed by atoms with van der Waals surface area (Å²) in [6.45, 7) is 10.7. The lowest BCUT2D eigenvalue weighted by Crippen LogP contribution is -2.30. The first-order chi connectivity index (χ1) is 8.75. The Kier molecular flexibility index (Phi) is 14.9. The minimum absolute atomic E-state index is 0.162. The number of hydrogen-bond donors (Lipinski definition) is 0. The Morgan fingerprint density at radius 3 is 1.72 bits per heavy atom. The molecule has 0 N–H and O–H groups in total. The van der Waals surface area contributed by atoms with Crippen LogP contribution < -0.4 is 0 Å². The van der Waals surface area contributed by atoms with Crippen LogP contribution in [0.2, 0.25) is 0 Å². The zero-order valence-electron chi connectivity index (χ0n) is 12.7. The molecule has 106 valence electrons. The quantitative estimate of drug-likeness (QED) is 0.532. The van der Waals surface area contributed by atoms with Gasteiger partial charge in [0.1, 0.15) is 0 Å². The first-order valence-corrected chi connectivity index (χ1v) is 7.29. The fourth-order valence-corrected chi connectivity index (χ4v) is 1.52. The highest BCUT2D eigenvalue weighted by Crippen LogP contribution is 2.08. The predicted octanol–water partition coefficient (Wildman–Crippen LogP) is 3.93. The molecule has 0 radical (unpaired) electrons. The molecule has 2 amide bonds. The van der Waals surface area contributed by atoms with Crippen molar-refractivity contribution in [2.75, 3.05) is 6.54 Å². The van der Waals surface area contributed by atoms with Gasteiger partial charge in [-0.05, 0) is 6.42 Å². The highest BCUT2D eigenvalue weighted by atomic mass is 16.2. The topological polar surface area (TPSA) is 37.4 Å². The standard InChI is InChI=1S/C11H17NO2.2C2H6/c1-2-3-4-5-6-9-12-10(13)7-8-11(12)14;2*1-2/h7-8H,2-6,9H2,1H3;2*1-2H3. The fraction of sp³-hybridized carbons (Fsp3) is 0.733. The monoisotopic (exact) mass is 255 g/mol. The van der Waals surface area contributed by atoms with Crippen LogP contribution in [0.4, 0.5) is 0 Å². The van der Waals surface area contributed by atoms with E-state index >= 15 is 0 Å². The molecular weight excluding hydrogens is 226 g/mol. The van der Waals surface area contributed by atoms with E-state index in [1.54, 1.807) is 0 Å². The van der Waals surface area contributed by atoms with Gasteiger partial charge in [0.05, 0.1) is 0 Å². The number of amides is 2. The normalized spacial score (nSPS) is 12.8. The van der Waals surface area contributed by atoms with Crippen molar-refractivity contribution in [2.24, 2.45) is 0 Å². The number of carbonyl (C=O) groups is 2. The maximum absolute atomic E-state index is 11.1. The Hall–Kier alpha value is -1.12. The van der Waals surface area contributed by atoms with E-state index in [4.69, 9.17) is 0 Å². The molecule has 0 unspecified atom stereocenters. The number of carbonyl (C=O) groups excluding carboxylic acids is 2. The van der Waals surface area contributed by atoms with E-state index in [2.05, 4.69) is 6.92 Å². The predicted molar refractivity (Wildman–Crippen MR) is 77.3 cm³/mol. The van der Waals surface area contributed by atoms with E-state index in [1.807, 2.05) is 27.7 Å². The molecule has 1 aliphatic rings. The first kappa shape index (κ1) is 19.2. The van der Waals surface area contributed by atoms with Gasteiger partial charge in [-0.1, -0.05) is 60.3 Å². The van der Waals surface area contributed by atoms with Crippen molar-refractivity contribution in [1.29, 1.82) is 0 Å². The van der Waals surface area contributed by atoms with Gasteiger partial charge in [-0.3, -0.25) is 14.5 Å². The van der Waals surface area contributed by atoms with Crippen molar-refractivity contribution < 1.29 is 9.59 Å². The third-order valence-electron chi connectivity index (χ3n) is 2.39. The lowest BCUT2D eigenvalue weighted by Gasteiger charge is -2.12. The van der Waals surface area contributed by atoms with Crippen molar-refractivity contribution in [3.8, 4) is 0 Å². The molecular formula is C15H29NO2. The molecule has 0 atom stereocenters. The zero-order chi connectivity index (χ0) is 14.4. The van der Waals surface area contributed by atoms with E-state index in [0.717, 1.165) is 12.8 Å². The molecule has 18 heavy (non-hydrogen) atoms. The van der Waals surface area contributed by atoms with Gasteiger partial charge in [-0.25, -0.2) is 0 Å². The Balaban J connectivity index is 0. The summed E-state index contributed by atoms with van der Waals surface area (Å²) in [4.78, 5) is 23.6. The van der Waals surface area contributed by atoms with Gasteiger partial charge in [-0.15, -0.1) is 0 Å². The molecule has 0 aromatic rings. The van der Waals surface area contributed by atoms with Crippen molar-refractivity contribution >= 4 is 11.8 Å². The lowest BCUT2D eigenvalue weighted by atomic mass is 10.1.